The summed E-state index contributed by atoms with van der Waals surface area (Å²) in [4.78, 5) is 0. The maximum atomic E-state index is 12.4. The Balaban J connectivity index is 1.81. The highest BCUT2D eigenvalue weighted by atomic mass is 79.9. The number of halogens is 2. The molecule has 1 heterocycles. The van der Waals surface area contributed by atoms with Gasteiger partial charge in [-0.1, -0.05) is 31.9 Å². The van der Waals surface area contributed by atoms with E-state index < -0.39 is 13.3 Å². The Kier molecular flexibility index (Phi) is 7.01. The molecule has 3 aromatic rings. The molecule has 148 valence electrons. The molecule has 28 heavy (non-hydrogen) atoms. The zero-order valence-electron chi connectivity index (χ0n) is 15.7. The number of rotatable bonds is 8. The van der Waals surface area contributed by atoms with Gasteiger partial charge in [0, 0.05) is 51.5 Å². The summed E-state index contributed by atoms with van der Waals surface area (Å²) >= 11 is 7.13. The molecule has 0 saturated heterocycles. The number of hydrogen-bond acceptors (Lipinski definition) is 4. The zero-order chi connectivity index (χ0) is 20.3. The highest BCUT2D eigenvalue weighted by molar-refractivity contribution is 9.10. The van der Waals surface area contributed by atoms with E-state index in [1.165, 1.54) is 36.0 Å². The van der Waals surface area contributed by atoms with Crippen LogP contribution in [0, 0.1) is 11.3 Å². The standard InChI is InChI=1S/C20H21Br2N2O3P/c1-26-28(25,27-2)16(13-23)5-3-4-10-24-19-8-6-14(21)11-17(19)18-12-15(22)7-9-20(18)24/h6-9,11-12,16H,3-5,10H2,1-2H3. The van der Waals surface area contributed by atoms with Crippen LogP contribution in [0.25, 0.3) is 21.8 Å². The Morgan fingerprint density at radius 3 is 2.04 bits per heavy atom. The fourth-order valence-electron chi connectivity index (χ4n) is 3.52. The number of unbranched alkanes of at least 4 members (excludes halogenated alkanes) is 1. The van der Waals surface area contributed by atoms with Gasteiger partial charge in [0.05, 0.1) is 6.07 Å². The number of nitrogens with zero attached hydrogens (tertiary/aromatic N) is 2. The van der Waals surface area contributed by atoms with Gasteiger partial charge in [-0.05, 0) is 55.7 Å². The van der Waals surface area contributed by atoms with Crippen LogP contribution in [-0.2, 0) is 20.2 Å². The summed E-state index contributed by atoms with van der Waals surface area (Å²) in [6.45, 7) is 0.811. The molecular weight excluding hydrogens is 507 g/mol. The molecule has 0 fully saturated rings. The van der Waals surface area contributed by atoms with Crippen LogP contribution in [0.1, 0.15) is 19.3 Å². The first-order valence-corrected chi connectivity index (χ1v) is 12.1. The van der Waals surface area contributed by atoms with Gasteiger partial charge in [-0.25, -0.2) is 0 Å². The van der Waals surface area contributed by atoms with E-state index in [1.807, 2.05) is 12.1 Å². The van der Waals surface area contributed by atoms with Gasteiger partial charge in [0.1, 0.15) is 5.66 Å². The Labute approximate surface area is 181 Å². The molecule has 0 N–H and O–H groups in total. The number of fused-ring (bicyclic) bond motifs is 3. The van der Waals surface area contributed by atoms with Gasteiger partial charge in [-0.2, -0.15) is 5.26 Å². The molecular formula is C20H21Br2N2O3P. The normalized spacial score (nSPS) is 13.1. The molecule has 0 aliphatic rings. The second-order valence-corrected chi connectivity index (χ2v) is 10.8. The number of nitriles is 1. The molecule has 0 saturated carbocycles. The van der Waals surface area contributed by atoms with Crippen molar-refractivity contribution in [3.05, 3.63) is 45.3 Å². The lowest BCUT2D eigenvalue weighted by molar-refractivity contribution is 0.268. The smallest absolute Gasteiger partial charge is 0.340 e. The summed E-state index contributed by atoms with van der Waals surface area (Å²) in [5, 5.41) is 11.7. The summed E-state index contributed by atoms with van der Waals surface area (Å²) in [5.74, 6) is 0. The first-order valence-electron chi connectivity index (χ1n) is 8.91. The predicted molar refractivity (Wildman–Crippen MR) is 120 cm³/mol. The van der Waals surface area contributed by atoms with Gasteiger partial charge < -0.3 is 13.6 Å². The van der Waals surface area contributed by atoms with Gasteiger partial charge in [-0.15, -0.1) is 0 Å². The molecule has 0 radical (unpaired) electrons. The topological polar surface area (TPSA) is 64.2 Å². The molecule has 2 aromatic carbocycles. The van der Waals surface area contributed by atoms with Crippen molar-refractivity contribution in [1.29, 1.82) is 5.26 Å². The van der Waals surface area contributed by atoms with Crippen molar-refractivity contribution in [1.82, 2.24) is 4.57 Å². The van der Waals surface area contributed by atoms with Crippen molar-refractivity contribution < 1.29 is 13.6 Å². The molecule has 0 amide bonds. The minimum atomic E-state index is -3.36. The predicted octanol–water partition coefficient (Wildman–Crippen LogP) is 6.87. The number of aryl methyl sites for hydroxylation is 1. The fraction of sp³-hybridized carbons (Fsp3) is 0.350. The maximum Gasteiger partial charge on any atom is 0.347 e. The first-order chi connectivity index (χ1) is 13.4. The van der Waals surface area contributed by atoms with E-state index in [2.05, 4.69) is 66.8 Å². The third-order valence-electron chi connectivity index (χ3n) is 4.94. The molecule has 3 rings (SSSR count). The second kappa shape index (κ2) is 9.11. The summed E-state index contributed by atoms with van der Waals surface area (Å²) in [5.41, 5.74) is 1.60. The Morgan fingerprint density at radius 2 is 1.57 bits per heavy atom. The van der Waals surface area contributed by atoms with Gasteiger partial charge in [0.15, 0.2) is 0 Å². The van der Waals surface area contributed by atoms with E-state index in [1.54, 1.807) is 0 Å². The summed E-state index contributed by atoms with van der Waals surface area (Å²) in [6, 6.07) is 14.7. The molecule has 1 atom stereocenters. The molecule has 1 aromatic heterocycles. The van der Waals surface area contributed by atoms with E-state index in [0.29, 0.717) is 6.42 Å². The Hall–Kier alpha value is -1.16. The van der Waals surface area contributed by atoms with Crippen molar-refractivity contribution >= 4 is 61.3 Å². The van der Waals surface area contributed by atoms with E-state index >= 15 is 0 Å². The van der Waals surface area contributed by atoms with Crippen LogP contribution in [-0.4, -0.2) is 24.4 Å². The summed E-state index contributed by atoms with van der Waals surface area (Å²) in [6.07, 6.45) is 2.09. The van der Waals surface area contributed by atoms with E-state index in [0.717, 1.165) is 28.3 Å². The fourth-order valence-corrected chi connectivity index (χ4v) is 5.54. The lowest BCUT2D eigenvalue weighted by atomic mass is 10.2. The van der Waals surface area contributed by atoms with Crippen LogP contribution in [0.5, 0.6) is 0 Å². The quantitative estimate of drug-likeness (QED) is 0.237. The monoisotopic (exact) mass is 526 g/mol. The van der Waals surface area contributed by atoms with Crippen LogP contribution < -0.4 is 0 Å². The molecule has 0 aliphatic heterocycles. The van der Waals surface area contributed by atoms with Crippen molar-refractivity contribution in [2.45, 2.75) is 31.5 Å². The minimum absolute atomic E-state index is 0.476. The Bertz CT molecular complexity index is 1020. The van der Waals surface area contributed by atoms with Gasteiger partial charge in [-0.3, -0.25) is 4.57 Å². The van der Waals surface area contributed by atoms with Crippen molar-refractivity contribution in [3.8, 4) is 6.07 Å². The summed E-state index contributed by atoms with van der Waals surface area (Å²) < 4.78 is 26.8. The minimum Gasteiger partial charge on any atom is -0.340 e. The van der Waals surface area contributed by atoms with Gasteiger partial charge in [0.25, 0.3) is 0 Å². The molecule has 1 unspecified atom stereocenters. The summed E-state index contributed by atoms with van der Waals surface area (Å²) in [7, 11) is -0.714. The molecule has 5 nitrogen and oxygen atoms in total. The van der Waals surface area contributed by atoms with E-state index in [4.69, 9.17) is 9.05 Å². The molecule has 0 spiro atoms. The van der Waals surface area contributed by atoms with E-state index in [-0.39, 0.29) is 0 Å². The lowest BCUT2D eigenvalue weighted by Gasteiger charge is -2.18. The average Bonchev–Trinajstić information content (AvgIpc) is 2.99. The average molecular weight is 528 g/mol. The third-order valence-corrected chi connectivity index (χ3v) is 8.08. The van der Waals surface area contributed by atoms with Crippen LogP contribution in [0.4, 0.5) is 0 Å². The van der Waals surface area contributed by atoms with Gasteiger partial charge in [0.2, 0.25) is 0 Å². The maximum absolute atomic E-state index is 12.4. The molecule has 8 heteroatoms. The molecule has 0 aliphatic carbocycles. The lowest BCUT2D eigenvalue weighted by Crippen LogP contribution is -2.09. The van der Waals surface area contributed by atoms with Crippen LogP contribution >= 0.6 is 39.5 Å². The first kappa shape index (κ1) is 21.5. The van der Waals surface area contributed by atoms with Crippen LogP contribution in [0.3, 0.4) is 0 Å². The van der Waals surface area contributed by atoms with Crippen molar-refractivity contribution in [3.63, 3.8) is 0 Å². The second-order valence-electron chi connectivity index (χ2n) is 6.52. The number of hydrogen-bond donors (Lipinski definition) is 0. The highest BCUT2D eigenvalue weighted by Crippen LogP contribution is 2.53. The third kappa shape index (κ3) is 4.22. The molecule has 0 bridgehead atoms. The van der Waals surface area contributed by atoms with Gasteiger partial charge >= 0.3 is 7.60 Å². The number of aromatic nitrogens is 1. The highest BCUT2D eigenvalue weighted by Gasteiger charge is 2.33. The zero-order valence-corrected chi connectivity index (χ0v) is 19.8. The number of benzene rings is 2. The van der Waals surface area contributed by atoms with E-state index in [9.17, 15) is 9.83 Å². The van der Waals surface area contributed by atoms with Crippen LogP contribution in [0.15, 0.2) is 45.3 Å². The van der Waals surface area contributed by atoms with Crippen LogP contribution in [0.2, 0.25) is 0 Å². The Morgan fingerprint density at radius 1 is 1.04 bits per heavy atom. The SMILES string of the molecule is COP(=O)(OC)C(C#N)CCCCn1c2ccc(Br)cc2c2cc(Br)ccc21. The van der Waals surface area contributed by atoms with Crippen molar-refractivity contribution in [2.75, 3.05) is 14.2 Å². The van der Waals surface area contributed by atoms with Crippen molar-refractivity contribution in [2.24, 2.45) is 0 Å². The largest absolute Gasteiger partial charge is 0.347 e.